The number of nitrogens with one attached hydrogen (secondary N) is 1. The number of nitrogens with zero attached hydrogens (tertiary/aromatic N) is 2. The van der Waals surface area contributed by atoms with Crippen molar-refractivity contribution in [1.82, 2.24) is 15.2 Å². The maximum atomic E-state index is 13.9. The molecule has 2 bridgehead atoms. The smallest absolute Gasteiger partial charge is 0.393 e. The SMILES string of the molecule is CC(C)[C@]1(C(=O)N2CCc3ncc(C(F)(F)F)cc3C2)CC[C@@H](NC2C3CCC(O)C2CC3)C1. The number of rotatable bonds is 4. The maximum Gasteiger partial charge on any atom is 0.417 e. The van der Waals surface area contributed by atoms with E-state index in [1.165, 1.54) is 6.42 Å². The Morgan fingerprint density at radius 1 is 1.24 bits per heavy atom. The second kappa shape index (κ2) is 8.77. The van der Waals surface area contributed by atoms with Crippen molar-refractivity contribution in [2.75, 3.05) is 6.54 Å². The van der Waals surface area contributed by atoms with E-state index in [0.29, 0.717) is 42.1 Å². The summed E-state index contributed by atoms with van der Waals surface area (Å²) in [5, 5.41) is 14.3. The minimum Gasteiger partial charge on any atom is -0.393 e. The Hall–Kier alpha value is -1.67. The number of fused-ring (bicyclic) bond motifs is 3. The van der Waals surface area contributed by atoms with Crippen LogP contribution in [0.5, 0.6) is 0 Å². The molecule has 5 nitrogen and oxygen atoms in total. The molecule has 4 unspecified atom stereocenters. The van der Waals surface area contributed by atoms with Crippen molar-refractivity contribution in [2.24, 2.45) is 23.2 Å². The number of aliphatic hydroxyl groups excluding tert-OH is 1. The van der Waals surface area contributed by atoms with Crippen molar-refractivity contribution in [3.8, 4) is 0 Å². The molecule has 1 amide bonds. The van der Waals surface area contributed by atoms with Gasteiger partial charge in [-0.05, 0) is 68.4 Å². The van der Waals surface area contributed by atoms with Gasteiger partial charge in [0.1, 0.15) is 0 Å². The number of aromatic nitrogens is 1. The zero-order valence-electron chi connectivity index (χ0n) is 20.1. The van der Waals surface area contributed by atoms with Gasteiger partial charge in [0.25, 0.3) is 0 Å². The van der Waals surface area contributed by atoms with Crippen LogP contribution in [0.4, 0.5) is 13.2 Å². The zero-order chi connectivity index (χ0) is 24.3. The zero-order valence-corrected chi connectivity index (χ0v) is 20.1. The van der Waals surface area contributed by atoms with Gasteiger partial charge in [0.05, 0.1) is 17.1 Å². The van der Waals surface area contributed by atoms with Gasteiger partial charge < -0.3 is 15.3 Å². The summed E-state index contributed by atoms with van der Waals surface area (Å²) in [5.74, 6) is 1.15. The summed E-state index contributed by atoms with van der Waals surface area (Å²) in [4.78, 5) is 19.7. The minimum absolute atomic E-state index is 0.0708. The van der Waals surface area contributed by atoms with Gasteiger partial charge in [0.15, 0.2) is 0 Å². The summed E-state index contributed by atoms with van der Waals surface area (Å²) in [6.45, 7) is 4.87. The van der Waals surface area contributed by atoms with Crippen LogP contribution >= 0.6 is 0 Å². The third-order valence-corrected chi connectivity index (χ3v) is 9.33. The first-order valence-electron chi connectivity index (χ1n) is 12.9. The minimum atomic E-state index is -4.44. The van der Waals surface area contributed by atoms with Crippen molar-refractivity contribution in [3.05, 3.63) is 29.1 Å². The van der Waals surface area contributed by atoms with Crippen LogP contribution in [0.2, 0.25) is 0 Å². The Balaban J connectivity index is 1.30. The molecule has 0 radical (unpaired) electrons. The van der Waals surface area contributed by atoms with E-state index in [0.717, 1.165) is 50.8 Å². The number of pyridine rings is 1. The Morgan fingerprint density at radius 2 is 2.00 bits per heavy atom. The number of carbonyl (C=O) groups excluding carboxylic acids is 1. The normalized spacial score (nSPS) is 35.6. The molecule has 3 aliphatic carbocycles. The van der Waals surface area contributed by atoms with E-state index >= 15 is 0 Å². The van der Waals surface area contributed by atoms with Crippen LogP contribution < -0.4 is 5.32 Å². The van der Waals surface area contributed by atoms with E-state index < -0.39 is 17.2 Å². The second-order valence-electron chi connectivity index (χ2n) is 11.4. The molecule has 1 aromatic heterocycles. The highest BCUT2D eigenvalue weighted by Crippen LogP contribution is 2.48. The van der Waals surface area contributed by atoms with Crippen LogP contribution in [0, 0.1) is 23.2 Å². The third-order valence-electron chi connectivity index (χ3n) is 9.33. The quantitative estimate of drug-likeness (QED) is 0.675. The Bertz CT molecular complexity index is 936. The summed E-state index contributed by atoms with van der Waals surface area (Å²) < 4.78 is 39.6. The summed E-state index contributed by atoms with van der Waals surface area (Å²) in [6, 6.07) is 1.73. The van der Waals surface area contributed by atoms with Crippen LogP contribution in [0.1, 0.15) is 75.6 Å². The summed E-state index contributed by atoms with van der Waals surface area (Å²) in [5.41, 5.74) is -0.0911. The van der Waals surface area contributed by atoms with Gasteiger partial charge in [-0.25, -0.2) is 0 Å². The molecule has 0 saturated heterocycles. The molecule has 2 heterocycles. The monoisotopic (exact) mass is 479 g/mol. The van der Waals surface area contributed by atoms with Gasteiger partial charge >= 0.3 is 6.18 Å². The Morgan fingerprint density at radius 3 is 2.74 bits per heavy atom. The van der Waals surface area contributed by atoms with E-state index in [1.54, 1.807) is 4.90 Å². The van der Waals surface area contributed by atoms with Crippen molar-refractivity contribution in [3.63, 3.8) is 0 Å². The first-order valence-corrected chi connectivity index (χ1v) is 12.9. The first kappa shape index (κ1) is 24.0. The first-order chi connectivity index (χ1) is 16.1. The van der Waals surface area contributed by atoms with Crippen LogP contribution in [0.25, 0.3) is 0 Å². The van der Waals surface area contributed by atoms with E-state index in [-0.39, 0.29) is 30.5 Å². The summed E-state index contributed by atoms with van der Waals surface area (Å²) in [6.07, 6.45) is 3.38. The molecule has 2 N–H and O–H groups in total. The molecule has 5 rings (SSSR count). The summed E-state index contributed by atoms with van der Waals surface area (Å²) in [7, 11) is 0. The number of hydrogen-bond acceptors (Lipinski definition) is 4. The van der Waals surface area contributed by atoms with Crippen molar-refractivity contribution >= 4 is 5.91 Å². The molecule has 8 heteroatoms. The lowest BCUT2D eigenvalue weighted by atomic mass is 9.73. The maximum absolute atomic E-state index is 13.9. The van der Waals surface area contributed by atoms with Crippen LogP contribution in [0.3, 0.4) is 0 Å². The number of hydrogen-bond donors (Lipinski definition) is 2. The van der Waals surface area contributed by atoms with Gasteiger partial charge in [0.2, 0.25) is 5.91 Å². The largest absolute Gasteiger partial charge is 0.417 e. The molecule has 0 spiro atoms. The Kier molecular flexibility index (Phi) is 6.20. The van der Waals surface area contributed by atoms with Crippen LogP contribution in [0.15, 0.2) is 12.3 Å². The molecule has 3 fully saturated rings. The number of halogens is 3. The molecule has 6 atom stereocenters. The number of carbonyl (C=O) groups is 1. The lowest BCUT2D eigenvalue weighted by Crippen LogP contribution is -2.51. The molecule has 1 aromatic rings. The molecule has 3 saturated carbocycles. The predicted octanol–water partition coefficient (Wildman–Crippen LogP) is 4.32. The third kappa shape index (κ3) is 4.15. The predicted molar refractivity (Wildman–Crippen MR) is 122 cm³/mol. The topological polar surface area (TPSA) is 65.5 Å². The highest BCUT2D eigenvalue weighted by atomic mass is 19.4. The number of amides is 1. The fraction of sp³-hybridized carbons (Fsp3) is 0.769. The molecule has 188 valence electrons. The Labute approximate surface area is 199 Å². The lowest BCUT2D eigenvalue weighted by molar-refractivity contribution is -0.146. The van der Waals surface area contributed by atoms with Gasteiger partial charge in [-0.3, -0.25) is 9.78 Å². The van der Waals surface area contributed by atoms with E-state index in [2.05, 4.69) is 24.1 Å². The fourth-order valence-electron chi connectivity index (χ4n) is 7.25. The molecule has 0 aromatic carbocycles. The van der Waals surface area contributed by atoms with Gasteiger partial charge in [-0.1, -0.05) is 13.8 Å². The molecule has 4 aliphatic rings. The van der Waals surface area contributed by atoms with Crippen molar-refractivity contribution < 1.29 is 23.1 Å². The summed E-state index contributed by atoms with van der Waals surface area (Å²) >= 11 is 0. The van der Waals surface area contributed by atoms with Gasteiger partial charge in [-0.15, -0.1) is 0 Å². The molecule has 1 aliphatic heterocycles. The number of alkyl halides is 3. The van der Waals surface area contributed by atoms with Gasteiger partial charge in [-0.2, -0.15) is 13.2 Å². The van der Waals surface area contributed by atoms with Crippen LogP contribution in [-0.4, -0.2) is 45.6 Å². The lowest BCUT2D eigenvalue weighted by Gasteiger charge is -2.40. The van der Waals surface area contributed by atoms with Crippen molar-refractivity contribution in [2.45, 2.75) is 96.1 Å². The average molecular weight is 480 g/mol. The molecular weight excluding hydrogens is 443 g/mol. The van der Waals surface area contributed by atoms with E-state index in [1.807, 2.05) is 0 Å². The van der Waals surface area contributed by atoms with Crippen LogP contribution in [-0.2, 0) is 23.9 Å². The molecule has 34 heavy (non-hydrogen) atoms. The highest BCUT2D eigenvalue weighted by Gasteiger charge is 2.51. The van der Waals surface area contributed by atoms with E-state index in [9.17, 15) is 23.1 Å². The standard InChI is InChI=1S/C26H36F3N3O2/c1-15(2)25(9-7-19(12-25)31-23-16-3-5-20(23)22(33)6-4-16)24(34)32-10-8-21-17(14-32)11-18(13-30-21)26(27,28)29/h11,13,15-16,19-20,22-23,31,33H,3-10,12,14H2,1-2H3/t16?,19-,20?,22?,23?,25+/m1/s1. The number of aliphatic hydroxyl groups is 1. The average Bonchev–Trinajstić information content (AvgIpc) is 3.35. The van der Waals surface area contributed by atoms with E-state index in [4.69, 9.17) is 0 Å². The molecular formula is C26H36F3N3O2. The second-order valence-corrected chi connectivity index (χ2v) is 11.4. The van der Waals surface area contributed by atoms with Gasteiger partial charge in [0, 0.05) is 49.4 Å². The highest BCUT2D eigenvalue weighted by molar-refractivity contribution is 5.83. The van der Waals surface area contributed by atoms with Crippen molar-refractivity contribution in [1.29, 1.82) is 0 Å². The fourth-order valence-corrected chi connectivity index (χ4v) is 7.25.